The van der Waals surface area contributed by atoms with Crippen molar-refractivity contribution in [1.82, 2.24) is 9.62 Å². The van der Waals surface area contributed by atoms with Gasteiger partial charge < -0.3 is 4.90 Å². The number of carbonyl (C=O) groups excluding carboxylic acids is 1. The van der Waals surface area contributed by atoms with Crippen LogP contribution in [-0.2, 0) is 14.8 Å². The number of benzene rings is 2. The van der Waals surface area contributed by atoms with Crippen molar-refractivity contribution in [2.24, 2.45) is 5.92 Å². The van der Waals surface area contributed by atoms with Crippen LogP contribution in [-0.4, -0.2) is 44.1 Å². The molecule has 26 heavy (non-hydrogen) atoms. The van der Waals surface area contributed by atoms with Gasteiger partial charge in [0.15, 0.2) is 0 Å². The summed E-state index contributed by atoms with van der Waals surface area (Å²) in [7, 11) is -3.32. The molecule has 0 unspecified atom stereocenters. The molecular formula is C20H24N2O3S. The Morgan fingerprint density at radius 3 is 2.77 bits per heavy atom. The van der Waals surface area contributed by atoms with E-state index in [1.807, 2.05) is 18.2 Å². The summed E-state index contributed by atoms with van der Waals surface area (Å²) in [4.78, 5) is 14.6. The highest BCUT2D eigenvalue weighted by atomic mass is 32.2. The van der Waals surface area contributed by atoms with Gasteiger partial charge in [-0.05, 0) is 35.1 Å². The van der Waals surface area contributed by atoms with Crippen LogP contribution in [0.25, 0.3) is 10.8 Å². The van der Waals surface area contributed by atoms with E-state index in [2.05, 4.69) is 29.0 Å². The minimum Gasteiger partial charge on any atom is -0.341 e. The summed E-state index contributed by atoms with van der Waals surface area (Å²) in [5.74, 6) is 0.344. The summed E-state index contributed by atoms with van der Waals surface area (Å²) in [6, 6.07) is 14.5. The minimum atomic E-state index is -3.32. The van der Waals surface area contributed by atoms with Gasteiger partial charge in [0.1, 0.15) is 0 Å². The summed E-state index contributed by atoms with van der Waals surface area (Å²) < 4.78 is 26.9. The van der Waals surface area contributed by atoms with Crippen molar-refractivity contribution < 1.29 is 13.2 Å². The zero-order chi connectivity index (χ0) is 18.3. The SMILES string of the molecule is CCNS(=O)(=O)[C@@H]1CCN(C(=O)[C@H]2C[C@H]2c2cccc3ccccc23)C1. The number of nitrogens with zero attached hydrogens (tertiary/aromatic N) is 1. The Bertz CT molecular complexity index is 936. The third kappa shape index (κ3) is 3.12. The summed E-state index contributed by atoms with van der Waals surface area (Å²) in [5, 5.41) is 1.92. The Kier molecular flexibility index (Phi) is 4.49. The number of carbonyl (C=O) groups is 1. The van der Waals surface area contributed by atoms with E-state index in [4.69, 9.17) is 0 Å². The van der Waals surface area contributed by atoms with Gasteiger partial charge in [-0.15, -0.1) is 0 Å². The molecule has 0 radical (unpaired) electrons. The van der Waals surface area contributed by atoms with Gasteiger partial charge in [0, 0.05) is 25.6 Å². The van der Waals surface area contributed by atoms with Crippen LogP contribution < -0.4 is 4.72 Å². The second-order valence-electron chi connectivity index (χ2n) is 7.25. The predicted octanol–water partition coefficient (Wildman–Crippen LogP) is 2.48. The van der Waals surface area contributed by atoms with Gasteiger partial charge >= 0.3 is 0 Å². The van der Waals surface area contributed by atoms with Crippen molar-refractivity contribution >= 4 is 26.7 Å². The molecule has 1 saturated heterocycles. The van der Waals surface area contributed by atoms with Crippen molar-refractivity contribution in [3.63, 3.8) is 0 Å². The standard InChI is InChI=1S/C20H24N2O3S/c1-2-21-26(24,25)15-10-11-22(13-15)20(23)19-12-18(19)17-9-5-7-14-6-3-4-8-16(14)17/h3-9,15,18-19,21H,2,10-13H2,1H3/t15-,18+,19+/m1/s1. The molecule has 1 heterocycles. The van der Waals surface area contributed by atoms with Gasteiger partial charge in [-0.25, -0.2) is 13.1 Å². The molecule has 0 bridgehead atoms. The van der Waals surface area contributed by atoms with E-state index in [-0.39, 0.29) is 17.7 Å². The van der Waals surface area contributed by atoms with Gasteiger partial charge in [-0.3, -0.25) is 4.79 Å². The number of nitrogens with one attached hydrogen (secondary N) is 1. The Hall–Kier alpha value is -1.92. The van der Waals surface area contributed by atoms with E-state index in [1.165, 1.54) is 16.3 Å². The van der Waals surface area contributed by atoms with Crippen molar-refractivity contribution in [2.75, 3.05) is 19.6 Å². The molecule has 138 valence electrons. The van der Waals surface area contributed by atoms with E-state index < -0.39 is 15.3 Å². The maximum atomic E-state index is 12.9. The maximum Gasteiger partial charge on any atom is 0.226 e. The lowest BCUT2D eigenvalue weighted by Gasteiger charge is -2.17. The molecule has 6 heteroatoms. The number of likely N-dealkylation sites (tertiary alicyclic amines) is 1. The lowest BCUT2D eigenvalue weighted by atomic mass is 10.00. The lowest BCUT2D eigenvalue weighted by molar-refractivity contribution is -0.131. The zero-order valence-electron chi connectivity index (χ0n) is 14.9. The quantitative estimate of drug-likeness (QED) is 0.877. The van der Waals surface area contributed by atoms with Crippen LogP contribution in [0.4, 0.5) is 0 Å². The Labute approximate surface area is 154 Å². The van der Waals surface area contributed by atoms with E-state index in [9.17, 15) is 13.2 Å². The minimum absolute atomic E-state index is 0.0126. The van der Waals surface area contributed by atoms with Gasteiger partial charge in [-0.2, -0.15) is 0 Å². The average Bonchev–Trinajstić information content (AvgIpc) is 3.26. The molecule has 4 rings (SSSR count). The molecule has 3 atom stereocenters. The van der Waals surface area contributed by atoms with Crippen LogP contribution in [0.5, 0.6) is 0 Å². The van der Waals surface area contributed by atoms with E-state index in [0.717, 1.165) is 6.42 Å². The first kappa shape index (κ1) is 17.5. The second kappa shape index (κ2) is 6.67. The molecule has 2 aliphatic rings. The monoisotopic (exact) mass is 372 g/mol. The van der Waals surface area contributed by atoms with Crippen molar-refractivity contribution in [3.8, 4) is 0 Å². The number of fused-ring (bicyclic) bond motifs is 1. The fourth-order valence-corrected chi connectivity index (χ4v) is 5.55. The number of hydrogen-bond acceptors (Lipinski definition) is 3. The number of amides is 1. The molecule has 1 aliphatic carbocycles. The van der Waals surface area contributed by atoms with Crippen LogP contribution in [0, 0.1) is 5.92 Å². The maximum absolute atomic E-state index is 12.9. The van der Waals surface area contributed by atoms with E-state index in [1.54, 1.807) is 11.8 Å². The molecule has 0 spiro atoms. The molecule has 1 aliphatic heterocycles. The third-order valence-electron chi connectivity index (χ3n) is 5.57. The lowest BCUT2D eigenvalue weighted by Crippen LogP contribution is -2.38. The fraction of sp³-hybridized carbons (Fsp3) is 0.450. The largest absolute Gasteiger partial charge is 0.341 e. The molecule has 1 saturated carbocycles. The van der Waals surface area contributed by atoms with E-state index in [0.29, 0.717) is 26.1 Å². The zero-order valence-corrected chi connectivity index (χ0v) is 15.7. The molecule has 5 nitrogen and oxygen atoms in total. The fourth-order valence-electron chi connectivity index (χ4n) is 4.12. The highest BCUT2D eigenvalue weighted by Crippen LogP contribution is 2.50. The normalized spacial score (nSPS) is 25.6. The molecule has 2 fully saturated rings. The number of rotatable bonds is 5. The van der Waals surface area contributed by atoms with Crippen molar-refractivity contribution in [1.29, 1.82) is 0 Å². The molecule has 0 aromatic heterocycles. The molecular weight excluding hydrogens is 348 g/mol. The number of sulfonamides is 1. The van der Waals surface area contributed by atoms with Crippen LogP contribution in [0.15, 0.2) is 42.5 Å². The highest BCUT2D eigenvalue weighted by Gasteiger charge is 2.48. The molecule has 2 aromatic carbocycles. The summed E-state index contributed by atoms with van der Waals surface area (Å²) in [6.07, 6.45) is 1.38. The van der Waals surface area contributed by atoms with Gasteiger partial charge in [0.2, 0.25) is 15.9 Å². The summed E-state index contributed by atoms with van der Waals surface area (Å²) in [5.41, 5.74) is 1.23. The number of hydrogen-bond donors (Lipinski definition) is 1. The van der Waals surface area contributed by atoms with Crippen molar-refractivity contribution in [3.05, 3.63) is 48.0 Å². The average molecular weight is 372 g/mol. The first-order chi connectivity index (χ1) is 12.5. The van der Waals surface area contributed by atoms with E-state index >= 15 is 0 Å². The van der Waals surface area contributed by atoms with Crippen molar-refractivity contribution in [2.45, 2.75) is 30.9 Å². The Morgan fingerprint density at radius 1 is 1.19 bits per heavy atom. The van der Waals surface area contributed by atoms with Crippen LogP contribution >= 0.6 is 0 Å². The molecule has 2 aromatic rings. The van der Waals surface area contributed by atoms with Crippen LogP contribution in [0.2, 0.25) is 0 Å². The van der Waals surface area contributed by atoms with Gasteiger partial charge in [-0.1, -0.05) is 49.4 Å². The second-order valence-corrected chi connectivity index (χ2v) is 9.30. The first-order valence-corrected chi connectivity index (χ1v) is 10.8. The van der Waals surface area contributed by atoms with Gasteiger partial charge in [0.05, 0.1) is 5.25 Å². The first-order valence-electron chi connectivity index (χ1n) is 9.26. The Morgan fingerprint density at radius 2 is 1.96 bits per heavy atom. The highest BCUT2D eigenvalue weighted by molar-refractivity contribution is 7.90. The van der Waals surface area contributed by atoms with Gasteiger partial charge in [0.25, 0.3) is 0 Å². The summed E-state index contributed by atoms with van der Waals surface area (Å²) in [6.45, 7) is 3.01. The third-order valence-corrected chi connectivity index (χ3v) is 7.52. The Balaban J connectivity index is 1.46. The smallest absolute Gasteiger partial charge is 0.226 e. The topological polar surface area (TPSA) is 66.5 Å². The van der Waals surface area contributed by atoms with Crippen LogP contribution in [0.3, 0.4) is 0 Å². The molecule has 1 amide bonds. The molecule has 1 N–H and O–H groups in total. The van der Waals surface area contributed by atoms with Crippen LogP contribution in [0.1, 0.15) is 31.2 Å². The summed E-state index contributed by atoms with van der Waals surface area (Å²) >= 11 is 0. The predicted molar refractivity (Wildman–Crippen MR) is 102 cm³/mol.